The van der Waals surface area contributed by atoms with Gasteiger partial charge in [-0.25, -0.2) is 4.57 Å². The summed E-state index contributed by atoms with van der Waals surface area (Å²) in [6, 6.07) is 6.95. The molecular formula is C10H10Cl2NO3PS. The monoisotopic (exact) mass is 325 g/mol. The number of nitriles is 1. The zero-order valence-corrected chi connectivity index (χ0v) is 12.3. The first-order valence-electron chi connectivity index (χ1n) is 4.85. The minimum Gasteiger partial charge on any atom is -0.317 e. The Kier molecular flexibility index (Phi) is 6.00. The van der Waals surface area contributed by atoms with Crippen molar-refractivity contribution in [3.05, 3.63) is 33.8 Å². The van der Waals surface area contributed by atoms with Gasteiger partial charge in [-0.15, -0.1) is 0 Å². The Labute approximate surface area is 119 Å². The summed E-state index contributed by atoms with van der Waals surface area (Å²) < 4.78 is 10.7. The lowest BCUT2D eigenvalue weighted by Gasteiger charge is -2.10. The number of hydrogen-bond acceptors (Lipinski definition) is 3. The fraction of sp³-hybridized carbons (Fsp3) is 0.300. The van der Waals surface area contributed by atoms with Crippen LogP contribution in [0, 0.1) is 17.2 Å². The molecule has 1 aromatic carbocycles. The van der Waals surface area contributed by atoms with Gasteiger partial charge in [-0.1, -0.05) is 29.3 Å². The molecule has 0 aliphatic carbocycles. The number of nitrogens with zero attached hydrogens (tertiary/aromatic N) is 1. The van der Waals surface area contributed by atoms with Gasteiger partial charge in [0.2, 0.25) is 0 Å². The van der Waals surface area contributed by atoms with E-state index in [1.54, 1.807) is 18.2 Å². The van der Waals surface area contributed by atoms with Crippen molar-refractivity contribution in [3.63, 3.8) is 0 Å². The van der Waals surface area contributed by atoms with Crippen LogP contribution >= 0.6 is 41.4 Å². The summed E-state index contributed by atoms with van der Waals surface area (Å²) >= 11 is 12.2. The number of rotatable bonds is 5. The Morgan fingerprint density at radius 3 is 2.61 bits per heavy atom. The van der Waals surface area contributed by atoms with Gasteiger partial charge in [0.05, 0.1) is 12.0 Å². The van der Waals surface area contributed by atoms with Gasteiger partial charge in [0, 0.05) is 15.8 Å². The van der Waals surface area contributed by atoms with Gasteiger partial charge in [0.15, 0.2) is 0 Å². The summed E-state index contributed by atoms with van der Waals surface area (Å²) in [6.07, 6.45) is 0.333. The highest BCUT2D eigenvalue weighted by Gasteiger charge is 2.19. The number of halogens is 2. The first-order chi connectivity index (χ1) is 8.31. The molecule has 0 saturated heterocycles. The lowest BCUT2D eigenvalue weighted by molar-refractivity contribution is 0.397. The molecule has 0 bridgehead atoms. The van der Waals surface area contributed by atoms with E-state index in [0.29, 0.717) is 27.8 Å². The molecule has 0 aliphatic heterocycles. The molecule has 8 heteroatoms. The van der Waals surface area contributed by atoms with Crippen LogP contribution in [-0.4, -0.2) is 15.5 Å². The van der Waals surface area contributed by atoms with Gasteiger partial charge in [0.25, 0.3) is 0 Å². The van der Waals surface area contributed by atoms with E-state index in [9.17, 15) is 4.57 Å². The van der Waals surface area contributed by atoms with Crippen LogP contribution < -0.4 is 0 Å². The van der Waals surface area contributed by atoms with Crippen LogP contribution in [0.4, 0.5) is 0 Å². The molecule has 1 unspecified atom stereocenters. The summed E-state index contributed by atoms with van der Waals surface area (Å²) in [7, 11) is 0. The fourth-order valence-corrected chi connectivity index (χ4v) is 3.46. The molecule has 0 aromatic heterocycles. The third-order valence-corrected chi connectivity index (χ3v) is 5.04. The van der Waals surface area contributed by atoms with E-state index in [4.69, 9.17) is 38.3 Å². The van der Waals surface area contributed by atoms with Crippen molar-refractivity contribution in [1.29, 1.82) is 5.26 Å². The third-order valence-electron chi connectivity index (χ3n) is 2.11. The van der Waals surface area contributed by atoms with Gasteiger partial charge in [-0.05, 0) is 35.5 Å². The summed E-state index contributed by atoms with van der Waals surface area (Å²) in [5.74, 6) is -0.457. The topological polar surface area (TPSA) is 81.3 Å². The molecule has 4 nitrogen and oxygen atoms in total. The van der Waals surface area contributed by atoms with Crippen LogP contribution in [0.2, 0.25) is 10.0 Å². The Hall–Kier alpha value is -0.210. The van der Waals surface area contributed by atoms with E-state index in [0.717, 1.165) is 5.56 Å². The first-order valence-corrected chi connectivity index (χ1v) is 8.81. The summed E-state index contributed by atoms with van der Waals surface area (Å²) in [4.78, 5) is 17.5. The van der Waals surface area contributed by atoms with Crippen molar-refractivity contribution >= 4 is 41.4 Å². The molecule has 18 heavy (non-hydrogen) atoms. The molecule has 1 atom stereocenters. The van der Waals surface area contributed by atoms with Crippen LogP contribution in [-0.2, 0) is 11.0 Å². The predicted octanol–water partition coefficient (Wildman–Crippen LogP) is 3.50. The standard InChI is InChI=1S/C10H10Cl2NO3PS/c11-9-2-1-8(10(12)4-9)3-7(5-13)6-18-17(14,15)16/h1-2,4,7H,3,6H2,(H2,14,15,16). The van der Waals surface area contributed by atoms with Crippen molar-refractivity contribution in [2.24, 2.45) is 5.92 Å². The minimum atomic E-state index is -4.15. The maximum absolute atomic E-state index is 10.7. The largest absolute Gasteiger partial charge is 0.384 e. The summed E-state index contributed by atoms with van der Waals surface area (Å²) in [5, 5.41) is 9.89. The smallest absolute Gasteiger partial charge is 0.317 e. The highest BCUT2D eigenvalue weighted by molar-refractivity contribution is 8.54. The average molecular weight is 326 g/mol. The van der Waals surface area contributed by atoms with Gasteiger partial charge in [0.1, 0.15) is 0 Å². The van der Waals surface area contributed by atoms with E-state index in [2.05, 4.69) is 0 Å². The SMILES string of the molecule is N#CC(CSP(=O)(O)O)Cc1ccc(Cl)cc1Cl. The molecule has 0 aliphatic rings. The molecule has 0 fully saturated rings. The number of hydrogen-bond donors (Lipinski definition) is 2. The molecule has 98 valence electrons. The Balaban J connectivity index is 2.69. The Bertz CT molecular complexity index is 514. The van der Waals surface area contributed by atoms with Gasteiger partial charge >= 0.3 is 6.80 Å². The van der Waals surface area contributed by atoms with Crippen molar-refractivity contribution < 1.29 is 14.4 Å². The van der Waals surface area contributed by atoms with E-state index in [-0.39, 0.29) is 5.75 Å². The molecule has 0 heterocycles. The van der Waals surface area contributed by atoms with Crippen LogP contribution in [0.15, 0.2) is 18.2 Å². The minimum absolute atomic E-state index is 0.0553. The van der Waals surface area contributed by atoms with E-state index >= 15 is 0 Å². The molecule has 0 amide bonds. The van der Waals surface area contributed by atoms with Crippen molar-refractivity contribution in [1.82, 2.24) is 0 Å². The summed E-state index contributed by atoms with van der Waals surface area (Å²) in [5.41, 5.74) is 0.735. The zero-order valence-electron chi connectivity index (χ0n) is 9.08. The molecule has 1 aromatic rings. The molecule has 2 N–H and O–H groups in total. The second kappa shape index (κ2) is 6.81. The lowest BCUT2D eigenvalue weighted by Crippen LogP contribution is -2.05. The second-order valence-corrected chi connectivity index (χ2v) is 8.17. The van der Waals surface area contributed by atoms with Crippen molar-refractivity contribution in [2.75, 3.05) is 5.75 Å². The Morgan fingerprint density at radius 2 is 2.11 bits per heavy atom. The maximum atomic E-state index is 10.7. The highest BCUT2D eigenvalue weighted by atomic mass is 35.5. The molecule has 0 spiro atoms. The highest BCUT2D eigenvalue weighted by Crippen LogP contribution is 2.50. The maximum Gasteiger partial charge on any atom is 0.384 e. The van der Waals surface area contributed by atoms with E-state index < -0.39 is 12.7 Å². The van der Waals surface area contributed by atoms with Crippen LogP contribution in [0.1, 0.15) is 5.56 Å². The molecule has 1 rings (SSSR count). The quantitative estimate of drug-likeness (QED) is 0.810. The lowest BCUT2D eigenvalue weighted by atomic mass is 10.0. The molecule has 0 radical (unpaired) electrons. The van der Waals surface area contributed by atoms with Crippen LogP contribution in [0.25, 0.3) is 0 Å². The van der Waals surface area contributed by atoms with E-state index in [1.165, 1.54) is 0 Å². The Morgan fingerprint density at radius 1 is 1.44 bits per heavy atom. The average Bonchev–Trinajstić information content (AvgIpc) is 2.25. The second-order valence-electron chi connectivity index (χ2n) is 3.55. The van der Waals surface area contributed by atoms with Crippen molar-refractivity contribution in [3.8, 4) is 6.07 Å². The van der Waals surface area contributed by atoms with Gasteiger partial charge in [-0.2, -0.15) is 5.26 Å². The molecule has 0 saturated carbocycles. The van der Waals surface area contributed by atoms with Crippen LogP contribution in [0.5, 0.6) is 0 Å². The normalized spacial score (nSPS) is 13.1. The first kappa shape index (κ1) is 15.8. The number of benzene rings is 1. The van der Waals surface area contributed by atoms with Gasteiger partial charge < -0.3 is 9.79 Å². The predicted molar refractivity (Wildman–Crippen MR) is 73.8 cm³/mol. The van der Waals surface area contributed by atoms with Crippen molar-refractivity contribution in [2.45, 2.75) is 6.42 Å². The fourth-order valence-electron chi connectivity index (χ4n) is 1.28. The third kappa shape index (κ3) is 5.62. The zero-order chi connectivity index (χ0) is 13.8. The molecular weight excluding hydrogens is 316 g/mol. The van der Waals surface area contributed by atoms with Crippen LogP contribution in [0.3, 0.4) is 0 Å². The van der Waals surface area contributed by atoms with Gasteiger partial charge in [-0.3, -0.25) is 0 Å². The summed E-state index contributed by atoms with van der Waals surface area (Å²) in [6.45, 7) is -4.15. The van der Waals surface area contributed by atoms with E-state index in [1.807, 2.05) is 6.07 Å².